The molecule has 1 aliphatic rings. The number of hydrogen-bond acceptors (Lipinski definition) is 4. The van der Waals surface area contributed by atoms with Gasteiger partial charge in [-0.2, -0.15) is 0 Å². The highest BCUT2D eigenvalue weighted by atomic mass is 16.3. The molecule has 1 aliphatic heterocycles. The Morgan fingerprint density at radius 2 is 1.77 bits per heavy atom. The van der Waals surface area contributed by atoms with E-state index in [2.05, 4.69) is 26.1 Å². The first kappa shape index (κ1) is 17.7. The van der Waals surface area contributed by atoms with Crippen LogP contribution in [0.15, 0.2) is 52.7 Å². The second-order valence-corrected chi connectivity index (χ2v) is 7.16. The van der Waals surface area contributed by atoms with Crippen molar-refractivity contribution in [1.29, 1.82) is 0 Å². The standard InChI is InChI=1S/C20H20N2O4/c1-20(2,3)14-8-6-13(7-9-14)11-16-17(23)21-19(25)22(18(16)24)12-15-5-4-10-26-15/h4-11H,12H2,1-3H3,(H,21,23,25). The number of urea groups is 1. The average molecular weight is 352 g/mol. The Morgan fingerprint density at radius 3 is 2.35 bits per heavy atom. The lowest BCUT2D eigenvalue weighted by molar-refractivity contribution is -0.130. The fourth-order valence-electron chi connectivity index (χ4n) is 2.64. The molecule has 1 aromatic carbocycles. The summed E-state index contributed by atoms with van der Waals surface area (Å²) >= 11 is 0. The summed E-state index contributed by atoms with van der Waals surface area (Å²) in [7, 11) is 0. The van der Waals surface area contributed by atoms with E-state index in [0.717, 1.165) is 10.5 Å². The van der Waals surface area contributed by atoms with E-state index in [1.165, 1.54) is 12.3 Å². The molecule has 1 aromatic heterocycles. The van der Waals surface area contributed by atoms with Crippen molar-refractivity contribution >= 4 is 23.9 Å². The first-order valence-electron chi connectivity index (χ1n) is 8.27. The number of furan rings is 1. The fraction of sp³-hybridized carbons (Fsp3) is 0.250. The molecule has 26 heavy (non-hydrogen) atoms. The van der Waals surface area contributed by atoms with Crippen LogP contribution in [0.25, 0.3) is 6.08 Å². The monoisotopic (exact) mass is 352 g/mol. The summed E-state index contributed by atoms with van der Waals surface area (Å²) in [4.78, 5) is 37.7. The van der Waals surface area contributed by atoms with Crippen LogP contribution in [0.4, 0.5) is 4.79 Å². The highest BCUT2D eigenvalue weighted by molar-refractivity contribution is 6.30. The van der Waals surface area contributed by atoms with Gasteiger partial charge in [0.25, 0.3) is 11.8 Å². The summed E-state index contributed by atoms with van der Waals surface area (Å²) in [6.07, 6.45) is 2.95. The van der Waals surface area contributed by atoms with Crippen molar-refractivity contribution in [3.8, 4) is 0 Å². The van der Waals surface area contributed by atoms with Gasteiger partial charge in [0, 0.05) is 0 Å². The summed E-state index contributed by atoms with van der Waals surface area (Å²) in [6.45, 7) is 6.29. The van der Waals surface area contributed by atoms with E-state index >= 15 is 0 Å². The van der Waals surface area contributed by atoms with E-state index in [4.69, 9.17) is 4.42 Å². The zero-order chi connectivity index (χ0) is 18.9. The predicted octanol–water partition coefficient (Wildman–Crippen LogP) is 3.24. The Morgan fingerprint density at radius 1 is 1.08 bits per heavy atom. The zero-order valence-electron chi connectivity index (χ0n) is 14.9. The first-order chi connectivity index (χ1) is 12.3. The van der Waals surface area contributed by atoms with Crippen LogP contribution in [0, 0.1) is 0 Å². The molecule has 1 N–H and O–H groups in total. The number of imide groups is 2. The highest BCUT2D eigenvalue weighted by Crippen LogP contribution is 2.23. The van der Waals surface area contributed by atoms with Crippen molar-refractivity contribution < 1.29 is 18.8 Å². The fourth-order valence-corrected chi connectivity index (χ4v) is 2.64. The maximum atomic E-state index is 12.6. The van der Waals surface area contributed by atoms with Crippen molar-refractivity contribution in [3.63, 3.8) is 0 Å². The number of benzene rings is 1. The quantitative estimate of drug-likeness (QED) is 0.679. The third kappa shape index (κ3) is 3.59. The van der Waals surface area contributed by atoms with Gasteiger partial charge in [0.1, 0.15) is 11.3 Å². The second kappa shape index (κ2) is 6.63. The summed E-state index contributed by atoms with van der Waals surface area (Å²) < 4.78 is 5.18. The third-order valence-electron chi connectivity index (χ3n) is 4.17. The van der Waals surface area contributed by atoms with Crippen molar-refractivity contribution in [3.05, 3.63) is 65.1 Å². The number of amides is 4. The van der Waals surface area contributed by atoms with E-state index in [1.807, 2.05) is 24.3 Å². The predicted molar refractivity (Wildman–Crippen MR) is 95.9 cm³/mol. The van der Waals surface area contributed by atoms with Crippen LogP contribution < -0.4 is 5.32 Å². The van der Waals surface area contributed by atoms with Gasteiger partial charge >= 0.3 is 6.03 Å². The molecule has 6 nitrogen and oxygen atoms in total. The van der Waals surface area contributed by atoms with Crippen LogP contribution in [0.2, 0.25) is 0 Å². The minimum Gasteiger partial charge on any atom is -0.467 e. The van der Waals surface area contributed by atoms with E-state index in [0.29, 0.717) is 11.3 Å². The third-order valence-corrected chi connectivity index (χ3v) is 4.17. The number of carbonyl (C=O) groups excluding carboxylic acids is 3. The number of barbiturate groups is 1. The van der Waals surface area contributed by atoms with Crippen LogP contribution >= 0.6 is 0 Å². The lowest BCUT2D eigenvalue weighted by Gasteiger charge is -2.25. The zero-order valence-corrected chi connectivity index (χ0v) is 14.9. The molecule has 0 radical (unpaired) electrons. The van der Waals surface area contributed by atoms with Gasteiger partial charge in [-0.1, -0.05) is 45.0 Å². The average Bonchev–Trinajstić information content (AvgIpc) is 3.08. The largest absolute Gasteiger partial charge is 0.467 e. The Labute approximate surface area is 151 Å². The summed E-state index contributed by atoms with van der Waals surface area (Å²) in [5, 5.41) is 2.20. The number of nitrogens with zero attached hydrogens (tertiary/aromatic N) is 1. The van der Waals surface area contributed by atoms with E-state index < -0.39 is 17.8 Å². The topological polar surface area (TPSA) is 79.6 Å². The van der Waals surface area contributed by atoms with Crippen LogP contribution in [0.3, 0.4) is 0 Å². The van der Waals surface area contributed by atoms with Crippen LogP contribution in [-0.4, -0.2) is 22.7 Å². The number of carbonyl (C=O) groups is 3. The molecule has 3 rings (SSSR count). The van der Waals surface area contributed by atoms with E-state index in [1.54, 1.807) is 12.1 Å². The Hall–Kier alpha value is -3.15. The van der Waals surface area contributed by atoms with Gasteiger partial charge in [0.15, 0.2) is 0 Å². The van der Waals surface area contributed by atoms with Gasteiger partial charge < -0.3 is 4.42 Å². The maximum Gasteiger partial charge on any atom is 0.331 e. The molecule has 2 aromatic rings. The SMILES string of the molecule is CC(C)(C)c1ccc(C=C2C(=O)NC(=O)N(Cc3ccco3)C2=O)cc1. The Bertz CT molecular complexity index is 872. The van der Waals surface area contributed by atoms with Crippen LogP contribution in [0.1, 0.15) is 37.7 Å². The Balaban J connectivity index is 1.87. The molecule has 1 fully saturated rings. The summed E-state index contributed by atoms with van der Waals surface area (Å²) in [6, 6.07) is 10.2. The maximum absolute atomic E-state index is 12.6. The summed E-state index contributed by atoms with van der Waals surface area (Å²) in [5.41, 5.74) is 1.79. The highest BCUT2D eigenvalue weighted by Gasteiger charge is 2.36. The van der Waals surface area contributed by atoms with E-state index in [9.17, 15) is 14.4 Å². The first-order valence-corrected chi connectivity index (χ1v) is 8.27. The molecule has 1 saturated heterocycles. The lowest BCUT2D eigenvalue weighted by atomic mass is 9.86. The molecule has 0 unspecified atom stereocenters. The molecule has 0 bridgehead atoms. The van der Waals surface area contributed by atoms with E-state index in [-0.39, 0.29) is 17.5 Å². The smallest absolute Gasteiger partial charge is 0.331 e. The van der Waals surface area contributed by atoms with Gasteiger partial charge in [0.05, 0.1) is 12.8 Å². The molecule has 6 heteroatoms. The summed E-state index contributed by atoms with van der Waals surface area (Å²) in [5.74, 6) is -0.887. The Kier molecular flexibility index (Phi) is 4.50. The van der Waals surface area contributed by atoms with Gasteiger partial charge in [0.2, 0.25) is 0 Å². The molecule has 0 spiro atoms. The van der Waals surface area contributed by atoms with Crippen molar-refractivity contribution in [2.75, 3.05) is 0 Å². The van der Waals surface area contributed by atoms with Crippen LogP contribution in [0.5, 0.6) is 0 Å². The van der Waals surface area contributed by atoms with Crippen LogP contribution in [-0.2, 0) is 21.5 Å². The molecule has 0 aliphatic carbocycles. The molecular formula is C20H20N2O4. The number of rotatable bonds is 3. The minimum atomic E-state index is -0.753. The minimum absolute atomic E-state index is 0.00989. The normalized spacial score (nSPS) is 17.0. The van der Waals surface area contributed by atoms with Gasteiger partial charge in [-0.05, 0) is 34.8 Å². The molecular weight excluding hydrogens is 332 g/mol. The molecule has 134 valence electrons. The van der Waals surface area contributed by atoms with Crippen molar-refractivity contribution in [1.82, 2.24) is 10.2 Å². The van der Waals surface area contributed by atoms with Crippen molar-refractivity contribution in [2.24, 2.45) is 0 Å². The van der Waals surface area contributed by atoms with Gasteiger partial charge in [-0.15, -0.1) is 0 Å². The molecule has 2 heterocycles. The number of nitrogens with one attached hydrogen (secondary N) is 1. The second-order valence-electron chi connectivity index (χ2n) is 7.16. The molecule has 4 amide bonds. The van der Waals surface area contributed by atoms with Gasteiger partial charge in [-0.25, -0.2) is 4.79 Å². The van der Waals surface area contributed by atoms with Gasteiger partial charge in [-0.3, -0.25) is 19.8 Å². The molecule has 0 saturated carbocycles. The molecule has 0 atom stereocenters. The number of hydrogen-bond donors (Lipinski definition) is 1. The lowest BCUT2D eigenvalue weighted by Crippen LogP contribution is -2.53. The van der Waals surface area contributed by atoms with Crippen molar-refractivity contribution in [2.45, 2.75) is 32.7 Å².